The van der Waals surface area contributed by atoms with Crippen molar-refractivity contribution in [2.75, 3.05) is 20.3 Å². The number of methoxy groups -OCH3 is 1. The number of hydrogen-bond donors (Lipinski definition) is 1. The molecule has 1 heterocycles. The molecule has 15 heavy (non-hydrogen) atoms. The third kappa shape index (κ3) is 3.69. The van der Waals surface area contributed by atoms with Gasteiger partial charge in [-0.3, -0.25) is 0 Å². The first-order valence-corrected chi connectivity index (χ1v) is 4.47. The van der Waals surface area contributed by atoms with Crippen molar-refractivity contribution >= 4 is 16.8 Å². The number of aromatic nitrogens is 2. The van der Waals surface area contributed by atoms with Crippen molar-refractivity contribution in [1.29, 1.82) is 0 Å². The third-order valence-electron chi connectivity index (χ3n) is 1.46. The molecular formula is C8H10ClN3O3. The van der Waals surface area contributed by atoms with Crippen LogP contribution < -0.4 is 4.74 Å². The Hall–Kier alpha value is -1.40. The fourth-order valence-corrected chi connectivity index (χ4v) is 0.876. The van der Waals surface area contributed by atoms with E-state index in [4.69, 9.17) is 26.3 Å². The van der Waals surface area contributed by atoms with Crippen LogP contribution in [0.2, 0.25) is 0 Å². The third-order valence-corrected chi connectivity index (χ3v) is 1.73. The lowest BCUT2D eigenvalue weighted by Crippen LogP contribution is -2.06. The van der Waals surface area contributed by atoms with Gasteiger partial charge in [-0.1, -0.05) is 16.8 Å². The second kappa shape index (κ2) is 6.15. The SMILES string of the molecule is COCCOc1cnc(/C(Cl)=N/O)cn1. The molecule has 1 aromatic heterocycles. The van der Waals surface area contributed by atoms with Gasteiger partial charge < -0.3 is 14.7 Å². The molecule has 0 aliphatic carbocycles. The first kappa shape index (κ1) is 11.7. The van der Waals surface area contributed by atoms with E-state index in [1.54, 1.807) is 7.11 Å². The second-order valence-electron chi connectivity index (χ2n) is 2.47. The van der Waals surface area contributed by atoms with E-state index < -0.39 is 0 Å². The normalized spacial score (nSPS) is 11.5. The Labute approximate surface area is 91.5 Å². The highest BCUT2D eigenvalue weighted by atomic mass is 35.5. The highest BCUT2D eigenvalue weighted by Gasteiger charge is 2.03. The molecule has 0 aliphatic heterocycles. The number of oxime groups is 1. The van der Waals surface area contributed by atoms with E-state index in [1.165, 1.54) is 12.4 Å². The van der Waals surface area contributed by atoms with Crippen molar-refractivity contribution in [3.05, 3.63) is 18.1 Å². The van der Waals surface area contributed by atoms with Gasteiger partial charge in [-0.15, -0.1) is 0 Å². The number of rotatable bonds is 5. The fraction of sp³-hybridized carbons (Fsp3) is 0.375. The molecule has 1 N–H and O–H groups in total. The summed E-state index contributed by atoms with van der Waals surface area (Å²) in [5, 5.41) is 11.0. The van der Waals surface area contributed by atoms with E-state index in [2.05, 4.69) is 15.1 Å². The highest BCUT2D eigenvalue weighted by molar-refractivity contribution is 6.69. The lowest BCUT2D eigenvalue weighted by molar-refractivity contribution is 0.143. The van der Waals surface area contributed by atoms with Gasteiger partial charge in [0.1, 0.15) is 12.3 Å². The van der Waals surface area contributed by atoms with E-state index in [0.29, 0.717) is 19.1 Å². The van der Waals surface area contributed by atoms with Gasteiger partial charge in [0, 0.05) is 7.11 Å². The largest absolute Gasteiger partial charge is 0.474 e. The van der Waals surface area contributed by atoms with E-state index in [-0.39, 0.29) is 10.9 Å². The minimum absolute atomic E-state index is 0.119. The number of halogens is 1. The zero-order chi connectivity index (χ0) is 11.1. The van der Waals surface area contributed by atoms with Crippen molar-refractivity contribution in [2.24, 2.45) is 5.16 Å². The molecule has 1 aromatic rings. The van der Waals surface area contributed by atoms with Crippen molar-refractivity contribution in [3.63, 3.8) is 0 Å². The van der Waals surface area contributed by atoms with E-state index in [9.17, 15) is 0 Å². The summed E-state index contributed by atoms with van der Waals surface area (Å²) >= 11 is 5.51. The molecule has 0 aromatic carbocycles. The maximum absolute atomic E-state index is 8.37. The molecular weight excluding hydrogens is 222 g/mol. The average Bonchev–Trinajstić information content (AvgIpc) is 2.29. The molecule has 0 atom stereocenters. The maximum atomic E-state index is 8.37. The van der Waals surface area contributed by atoms with Gasteiger partial charge >= 0.3 is 0 Å². The van der Waals surface area contributed by atoms with Gasteiger partial charge in [0.25, 0.3) is 0 Å². The molecule has 0 radical (unpaired) electrons. The summed E-state index contributed by atoms with van der Waals surface area (Å²) in [6, 6.07) is 0. The molecule has 7 heteroatoms. The maximum Gasteiger partial charge on any atom is 0.232 e. The summed E-state index contributed by atoms with van der Waals surface area (Å²) in [6.45, 7) is 0.870. The first-order chi connectivity index (χ1) is 7.27. The average molecular weight is 232 g/mol. The minimum Gasteiger partial charge on any atom is -0.474 e. The van der Waals surface area contributed by atoms with Crippen LogP contribution in [-0.2, 0) is 4.74 Å². The quantitative estimate of drug-likeness (QED) is 0.352. The Bertz CT molecular complexity index is 328. The Kier molecular flexibility index (Phi) is 4.79. The molecule has 0 spiro atoms. The monoisotopic (exact) mass is 231 g/mol. The lowest BCUT2D eigenvalue weighted by atomic mass is 10.5. The van der Waals surface area contributed by atoms with Crippen LogP contribution in [-0.4, -0.2) is 40.7 Å². The predicted molar refractivity (Wildman–Crippen MR) is 53.6 cm³/mol. The first-order valence-electron chi connectivity index (χ1n) is 4.09. The Morgan fingerprint density at radius 2 is 2.27 bits per heavy atom. The van der Waals surface area contributed by atoms with Crippen LogP contribution in [0.3, 0.4) is 0 Å². The van der Waals surface area contributed by atoms with Crippen molar-refractivity contribution in [2.45, 2.75) is 0 Å². The van der Waals surface area contributed by atoms with Crippen LogP contribution >= 0.6 is 11.6 Å². The second-order valence-corrected chi connectivity index (χ2v) is 2.83. The van der Waals surface area contributed by atoms with E-state index >= 15 is 0 Å². The van der Waals surface area contributed by atoms with Crippen LogP contribution in [0.4, 0.5) is 0 Å². The molecule has 1 rings (SSSR count). The molecule has 0 saturated heterocycles. The number of nitrogens with zero attached hydrogens (tertiary/aromatic N) is 3. The number of hydrogen-bond acceptors (Lipinski definition) is 6. The van der Waals surface area contributed by atoms with Gasteiger partial charge in [-0.2, -0.15) is 0 Å². The van der Waals surface area contributed by atoms with Crippen molar-refractivity contribution in [1.82, 2.24) is 9.97 Å². The summed E-state index contributed by atoms with van der Waals surface area (Å²) in [7, 11) is 1.58. The fourth-order valence-electron chi connectivity index (χ4n) is 0.778. The molecule has 0 unspecified atom stereocenters. The zero-order valence-corrected chi connectivity index (χ0v) is 8.81. The van der Waals surface area contributed by atoms with Crippen LogP contribution in [0.1, 0.15) is 5.69 Å². The summed E-state index contributed by atoms with van der Waals surface area (Å²) in [5.74, 6) is 0.359. The summed E-state index contributed by atoms with van der Waals surface area (Å²) in [4.78, 5) is 7.78. The summed E-state index contributed by atoms with van der Waals surface area (Å²) in [5.41, 5.74) is 0.276. The van der Waals surface area contributed by atoms with Gasteiger partial charge in [0.15, 0.2) is 5.17 Å². The van der Waals surface area contributed by atoms with Gasteiger partial charge in [-0.25, -0.2) is 9.97 Å². The molecule has 0 bridgehead atoms. The van der Waals surface area contributed by atoms with Crippen molar-refractivity contribution < 1.29 is 14.7 Å². The van der Waals surface area contributed by atoms with E-state index in [1.807, 2.05) is 0 Å². The summed E-state index contributed by atoms with van der Waals surface area (Å²) < 4.78 is 9.97. The molecule has 82 valence electrons. The lowest BCUT2D eigenvalue weighted by Gasteiger charge is -2.03. The van der Waals surface area contributed by atoms with Crippen molar-refractivity contribution in [3.8, 4) is 5.88 Å². The standard InChI is InChI=1S/C8H10ClN3O3/c1-14-2-3-15-7-5-10-6(4-11-7)8(9)12-13/h4-5,13H,2-3H2,1H3/b12-8-. The van der Waals surface area contributed by atoms with Gasteiger partial charge in [0.2, 0.25) is 5.88 Å². The molecule has 0 amide bonds. The number of ether oxygens (including phenoxy) is 2. The van der Waals surface area contributed by atoms with Crippen LogP contribution in [0, 0.1) is 0 Å². The topological polar surface area (TPSA) is 76.8 Å². The van der Waals surface area contributed by atoms with Crippen LogP contribution in [0.25, 0.3) is 0 Å². The van der Waals surface area contributed by atoms with Gasteiger partial charge in [0.05, 0.1) is 19.0 Å². The highest BCUT2D eigenvalue weighted by Crippen LogP contribution is 2.06. The Balaban J connectivity index is 2.56. The Morgan fingerprint density at radius 1 is 1.47 bits per heavy atom. The Morgan fingerprint density at radius 3 is 2.80 bits per heavy atom. The zero-order valence-electron chi connectivity index (χ0n) is 8.05. The van der Waals surface area contributed by atoms with Crippen LogP contribution in [0.5, 0.6) is 5.88 Å². The van der Waals surface area contributed by atoms with E-state index in [0.717, 1.165) is 0 Å². The van der Waals surface area contributed by atoms with Crippen LogP contribution in [0.15, 0.2) is 17.5 Å². The molecule has 0 saturated carbocycles. The smallest absolute Gasteiger partial charge is 0.232 e. The molecule has 0 fully saturated rings. The van der Waals surface area contributed by atoms with Gasteiger partial charge in [-0.05, 0) is 0 Å². The molecule has 6 nitrogen and oxygen atoms in total. The minimum atomic E-state index is -0.119. The summed E-state index contributed by atoms with van der Waals surface area (Å²) in [6.07, 6.45) is 2.74. The molecule has 0 aliphatic rings. The predicted octanol–water partition coefficient (Wildman–Crippen LogP) is 0.876.